The minimum absolute atomic E-state index is 0.0886. The molecule has 1 aliphatic heterocycles. The molecule has 11 heteroatoms. The minimum Gasteiger partial charge on any atom is -0.465 e. The van der Waals surface area contributed by atoms with Gasteiger partial charge < -0.3 is 18.6 Å². The molecule has 10 nitrogen and oxygen atoms in total. The summed E-state index contributed by atoms with van der Waals surface area (Å²) >= 11 is 6.37. The standard InChI is InChI=1S/C28H26ClN7O3/c1-16-5-7-17(8-6-16)15-36-25-20(32-27(36)35-9-10-38-23-4-2-3-22(23)35)12-21(26-33-34-28(37)39-26)31-24(25)18-11-19(29)14-30-13-18/h2-4,9-14,16-17,22H,5-8,15H2,1H3,(H,34,37)/t16?,17?,22-/m0/s1. The molecule has 4 aromatic rings. The van der Waals surface area contributed by atoms with E-state index in [9.17, 15) is 4.79 Å². The number of hydrogen-bond donors (Lipinski definition) is 1. The van der Waals surface area contributed by atoms with Crippen LogP contribution in [0.5, 0.6) is 0 Å². The molecule has 0 spiro atoms. The Morgan fingerprint density at radius 1 is 1.15 bits per heavy atom. The third kappa shape index (κ3) is 4.34. The SMILES string of the molecule is CC1CCC(Cn2c(N3C=COC4=CC=C[C@@H]43)nc3cc(-c4n[nH]c(=O)o4)nc(-c4cncc(Cl)c4)c32)CC1. The van der Waals surface area contributed by atoms with Gasteiger partial charge in [0, 0.05) is 30.7 Å². The predicted octanol–water partition coefficient (Wildman–Crippen LogP) is 5.45. The Bertz CT molecular complexity index is 1710. The van der Waals surface area contributed by atoms with Crippen molar-refractivity contribution in [2.75, 3.05) is 4.90 Å². The van der Waals surface area contributed by atoms with Crippen LogP contribution < -0.4 is 10.7 Å². The number of imidazole rings is 1. The van der Waals surface area contributed by atoms with Crippen LogP contribution in [0.1, 0.15) is 32.6 Å². The van der Waals surface area contributed by atoms with Crippen molar-refractivity contribution in [2.45, 2.75) is 45.2 Å². The van der Waals surface area contributed by atoms with Gasteiger partial charge in [0.25, 0.3) is 5.89 Å². The van der Waals surface area contributed by atoms with E-state index in [1.165, 1.54) is 12.8 Å². The van der Waals surface area contributed by atoms with Crippen molar-refractivity contribution in [1.82, 2.24) is 29.7 Å². The number of hydrogen-bond acceptors (Lipinski definition) is 8. The number of H-pyrrole nitrogens is 1. The van der Waals surface area contributed by atoms with Crippen molar-refractivity contribution in [3.05, 3.63) is 76.5 Å². The van der Waals surface area contributed by atoms with Gasteiger partial charge in [-0.1, -0.05) is 43.5 Å². The zero-order chi connectivity index (χ0) is 26.5. The molecule has 5 heterocycles. The fourth-order valence-corrected chi connectivity index (χ4v) is 5.90. The minimum atomic E-state index is -0.651. The second-order valence-corrected chi connectivity index (χ2v) is 10.8. The first-order valence-corrected chi connectivity index (χ1v) is 13.5. The van der Waals surface area contributed by atoms with E-state index in [-0.39, 0.29) is 11.9 Å². The molecule has 0 radical (unpaired) electrons. The normalized spacial score (nSPS) is 22.3. The molecule has 7 rings (SSSR count). The number of pyridine rings is 2. The smallest absolute Gasteiger partial charge is 0.434 e. The predicted molar refractivity (Wildman–Crippen MR) is 147 cm³/mol. The van der Waals surface area contributed by atoms with Gasteiger partial charge in [0.2, 0.25) is 5.95 Å². The molecule has 0 aromatic carbocycles. The summed E-state index contributed by atoms with van der Waals surface area (Å²) in [4.78, 5) is 28.3. The molecule has 4 aromatic heterocycles. The van der Waals surface area contributed by atoms with Crippen molar-refractivity contribution >= 4 is 28.6 Å². The molecule has 0 unspecified atom stereocenters. The number of halogens is 1. The van der Waals surface area contributed by atoms with Crippen LogP contribution in [-0.4, -0.2) is 35.8 Å². The van der Waals surface area contributed by atoms with E-state index < -0.39 is 5.76 Å². The first-order chi connectivity index (χ1) is 19.0. The highest BCUT2D eigenvalue weighted by Gasteiger charge is 2.32. The molecule has 2 aliphatic carbocycles. The van der Waals surface area contributed by atoms with E-state index in [0.717, 1.165) is 48.1 Å². The molecule has 0 amide bonds. The molecule has 1 atom stereocenters. The molecule has 198 valence electrons. The van der Waals surface area contributed by atoms with E-state index >= 15 is 0 Å². The molecule has 1 fully saturated rings. The largest absolute Gasteiger partial charge is 0.465 e. The number of rotatable bonds is 5. The molecule has 0 saturated heterocycles. The van der Waals surface area contributed by atoms with E-state index in [1.807, 2.05) is 30.5 Å². The molecule has 0 bridgehead atoms. The Labute approximate surface area is 228 Å². The monoisotopic (exact) mass is 543 g/mol. The highest BCUT2D eigenvalue weighted by molar-refractivity contribution is 6.30. The lowest BCUT2D eigenvalue weighted by Crippen LogP contribution is -2.35. The number of aromatic amines is 1. The van der Waals surface area contributed by atoms with Gasteiger partial charge in [0.05, 0.1) is 21.7 Å². The zero-order valence-corrected chi connectivity index (χ0v) is 22.0. The average Bonchev–Trinajstić information content (AvgIpc) is 3.68. The van der Waals surface area contributed by atoms with E-state index in [0.29, 0.717) is 27.8 Å². The highest BCUT2D eigenvalue weighted by atomic mass is 35.5. The van der Waals surface area contributed by atoms with Crippen LogP contribution in [0.25, 0.3) is 33.9 Å². The topological polar surface area (TPSA) is 115 Å². The molecule has 39 heavy (non-hydrogen) atoms. The lowest BCUT2D eigenvalue weighted by molar-refractivity contribution is 0.266. The van der Waals surface area contributed by atoms with Crippen LogP contribution >= 0.6 is 11.6 Å². The summed E-state index contributed by atoms with van der Waals surface area (Å²) in [5, 5.41) is 6.82. The second-order valence-electron chi connectivity index (χ2n) is 10.4. The van der Waals surface area contributed by atoms with Crippen LogP contribution in [0, 0.1) is 11.8 Å². The Balaban J connectivity index is 1.47. The number of fused-ring (bicyclic) bond motifs is 2. The first-order valence-electron chi connectivity index (χ1n) is 13.1. The first kappa shape index (κ1) is 23.9. The summed E-state index contributed by atoms with van der Waals surface area (Å²) in [6.07, 6.45) is 17.7. The maximum absolute atomic E-state index is 11.7. The third-order valence-corrected chi connectivity index (χ3v) is 7.92. The van der Waals surface area contributed by atoms with Gasteiger partial charge in [0.15, 0.2) is 0 Å². The molecule has 1 saturated carbocycles. The summed E-state index contributed by atoms with van der Waals surface area (Å²) in [7, 11) is 0. The molecule has 3 aliphatic rings. The number of nitrogens with one attached hydrogen (secondary N) is 1. The van der Waals surface area contributed by atoms with Gasteiger partial charge >= 0.3 is 5.76 Å². The van der Waals surface area contributed by atoms with Crippen molar-refractivity contribution in [3.8, 4) is 22.8 Å². The quantitative estimate of drug-likeness (QED) is 0.353. The number of nitrogens with zero attached hydrogens (tertiary/aromatic N) is 6. The van der Waals surface area contributed by atoms with Crippen LogP contribution in [0.15, 0.2) is 70.2 Å². The number of allylic oxidation sites excluding steroid dienone is 2. The summed E-state index contributed by atoms with van der Waals surface area (Å²) < 4.78 is 13.3. The Kier molecular flexibility index (Phi) is 5.84. The van der Waals surface area contributed by atoms with Gasteiger partial charge in [-0.2, -0.15) is 0 Å². The molecular formula is C28H26ClN7O3. The van der Waals surface area contributed by atoms with Gasteiger partial charge in [0.1, 0.15) is 23.8 Å². The molecular weight excluding hydrogens is 518 g/mol. The maximum Gasteiger partial charge on any atom is 0.434 e. The zero-order valence-electron chi connectivity index (χ0n) is 21.2. The Morgan fingerprint density at radius 2 is 2.03 bits per heavy atom. The number of aromatic nitrogens is 6. The average molecular weight is 544 g/mol. The fraction of sp³-hybridized carbons (Fsp3) is 0.321. The fourth-order valence-electron chi connectivity index (χ4n) is 5.72. The summed E-state index contributed by atoms with van der Waals surface area (Å²) in [6.45, 7) is 3.12. The van der Waals surface area contributed by atoms with Crippen LogP contribution in [-0.2, 0) is 11.3 Å². The lowest BCUT2D eigenvalue weighted by atomic mass is 9.83. The van der Waals surface area contributed by atoms with Crippen molar-refractivity contribution in [2.24, 2.45) is 11.8 Å². The third-order valence-electron chi connectivity index (χ3n) is 7.72. The second kappa shape index (κ2) is 9.53. The molecule has 1 N–H and O–H groups in total. The van der Waals surface area contributed by atoms with Gasteiger partial charge in [-0.3, -0.25) is 4.98 Å². The van der Waals surface area contributed by atoms with E-state index in [2.05, 4.69) is 37.6 Å². The summed E-state index contributed by atoms with van der Waals surface area (Å²) in [6, 6.07) is 3.55. The van der Waals surface area contributed by atoms with Crippen molar-refractivity contribution < 1.29 is 9.15 Å². The van der Waals surface area contributed by atoms with Crippen molar-refractivity contribution in [1.29, 1.82) is 0 Å². The van der Waals surface area contributed by atoms with Crippen molar-refractivity contribution in [3.63, 3.8) is 0 Å². The summed E-state index contributed by atoms with van der Waals surface area (Å²) in [5.74, 6) is 2.32. The van der Waals surface area contributed by atoms with Gasteiger partial charge in [-0.25, -0.2) is 19.9 Å². The number of anilines is 1. The van der Waals surface area contributed by atoms with Crippen LogP contribution in [0.3, 0.4) is 0 Å². The summed E-state index contributed by atoms with van der Waals surface area (Å²) in [5.41, 5.74) is 3.32. The maximum atomic E-state index is 11.7. The van der Waals surface area contributed by atoms with Crippen LogP contribution in [0.4, 0.5) is 5.95 Å². The number of ether oxygens (including phenoxy) is 1. The van der Waals surface area contributed by atoms with E-state index in [1.54, 1.807) is 18.7 Å². The highest BCUT2D eigenvalue weighted by Crippen LogP contribution is 2.39. The lowest BCUT2D eigenvalue weighted by Gasteiger charge is -2.32. The Morgan fingerprint density at radius 3 is 2.82 bits per heavy atom. The van der Waals surface area contributed by atoms with Gasteiger partial charge in [-0.15, -0.1) is 5.10 Å². The van der Waals surface area contributed by atoms with Gasteiger partial charge in [-0.05, 0) is 42.9 Å². The Hall–Kier alpha value is -4.18. The van der Waals surface area contributed by atoms with E-state index in [4.69, 9.17) is 30.7 Å². The van der Waals surface area contributed by atoms with Crippen LogP contribution in [0.2, 0.25) is 5.02 Å².